The van der Waals surface area contributed by atoms with Crippen LogP contribution in [0.1, 0.15) is 20.6 Å². The molecule has 0 fully saturated rings. The molecule has 3 heteroatoms. The summed E-state index contributed by atoms with van der Waals surface area (Å²) in [5.74, 6) is 0. The van der Waals surface area contributed by atoms with Crippen LogP contribution in [-0.2, 0) is 0 Å². The maximum Gasteiger partial charge on any atom is 0.0701 e. The molecule has 0 nitrogen and oxygen atoms in total. The summed E-state index contributed by atoms with van der Waals surface area (Å²) in [5.41, 5.74) is 2.76. The molecule has 0 radical (unpaired) electrons. The second-order valence-corrected chi connectivity index (χ2v) is 10.3. The van der Waals surface area contributed by atoms with Crippen molar-refractivity contribution in [2.24, 2.45) is 0 Å². The van der Waals surface area contributed by atoms with Crippen LogP contribution >= 0.6 is 34.4 Å². The minimum Gasteiger partial charge on any atom is -0.139 e. The third-order valence-corrected chi connectivity index (χ3v) is 9.03. The van der Waals surface area contributed by atoms with E-state index >= 15 is 0 Å². The number of rotatable bonds is 2. The van der Waals surface area contributed by atoms with Crippen molar-refractivity contribution in [3.05, 3.63) is 100 Å². The zero-order chi connectivity index (χ0) is 18.5. The predicted molar refractivity (Wildman–Crippen MR) is 127 cm³/mol. The molecule has 1 unspecified atom stereocenters. The van der Waals surface area contributed by atoms with Gasteiger partial charge in [-0.25, -0.2) is 0 Å². The van der Waals surface area contributed by atoms with Crippen LogP contribution in [0, 0.1) is 0 Å². The first-order valence-corrected chi connectivity index (χ1v) is 11.8. The first-order valence-electron chi connectivity index (χ1n) is 9.30. The van der Waals surface area contributed by atoms with E-state index in [1.54, 1.807) is 0 Å². The van der Waals surface area contributed by atoms with Crippen LogP contribution in [0.15, 0.2) is 89.8 Å². The molecule has 0 amide bonds. The maximum atomic E-state index is 2.41. The quantitative estimate of drug-likeness (QED) is 0.280. The number of thiophene rings is 2. The molecule has 0 bridgehead atoms. The van der Waals surface area contributed by atoms with E-state index in [0.29, 0.717) is 5.25 Å². The van der Waals surface area contributed by atoms with Gasteiger partial charge in [-0.1, -0.05) is 54.6 Å². The van der Waals surface area contributed by atoms with E-state index in [1.165, 1.54) is 46.0 Å². The summed E-state index contributed by atoms with van der Waals surface area (Å²) in [5, 5.41) is 3.01. The fraction of sp³-hybridized carbons (Fsp3) is 0.0400. The molecule has 3 heterocycles. The Hall–Kier alpha value is -2.33. The van der Waals surface area contributed by atoms with Gasteiger partial charge in [-0.15, -0.1) is 34.4 Å². The van der Waals surface area contributed by atoms with Crippen molar-refractivity contribution < 1.29 is 0 Å². The summed E-state index contributed by atoms with van der Waals surface area (Å²) >= 11 is 5.82. The van der Waals surface area contributed by atoms with Crippen molar-refractivity contribution in [1.29, 1.82) is 0 Å². The molecule has 0 aliphatic carbocycles. The highest BCUT2D eigenvalue weighted by molar-refractivity contribution is 8.00. The van der Waals surface area contributed by atoms with E-state index in [1.807, 2.05) is 34.4 Å². The van der Waals surface area contributed by atoms with Gasteiger partial charge in [0.15, 0.2) is 0 Å². The van der Waals surface area contributed by atoms with Crippen LogP contribution in [0.25, 0.3) is 31.8 Å². The van der Waals surface area contributed by atoms with Crippen molar-refractivity contribution >= 4 is 66.3 Å². The first kappa shape index (κ1) is 16.6. The van der Waals surface area contributed by atoms with Crippen molar-refractivity contribution in [1.82, 2.24) is 0 Å². The molecule has 1 aliphatic rings. The molecular formula is C25H16S3. The lowest BCUT2D eigenvalue weighted by Crippen LogP contribution is -2.00. The Morgan fingerprint density at radius 1 is 0.643 bits per heavy atom. The van der Waals surface area contributed by atoms with Crippen LogP contribution in [0.4, 0.5) is 0 Å². The highest BCUT2D eigenvalue weighted by Gasteiger charge is 2.27. The van der Waals surface area contributed by atoms with Crippen LogP contribution in [0.3, 0.4) is 0 Å². The predicted octanol–water partition coefficient (Wildman–Crippen LogP) is 8.50. The molecular weight excluding hydrogens is 396 g/mol. The second-order valence-electron chi connectivity index (χ2n) is 6.97. The van der Waals surface area contributed by atoms with E-state index in [4.69, 9.17) is 0 Å². The van der Waals surface area contributed by atoms with Crippen LogP contribution in [-0.4, -0.2) is 0 Å². The van der Waals surface area contributed by atoms with Gasteiger partial charge in [0.05, 0.1) is 5.25 Å². The van der Waals surface area contributed by atoms with Crippen molar-refractivity contribution in [3.63, 3.8) is 0 Å². The van der Waals surface area contributed by atoms with Gasteiger partial charge in [0.2, 0.25) is 0 Å². The summed E-state index contributed by atoms with van der Waals surface area (Å²) < 4.78 is 2.73. The van der Waals surface area contributed by atoms with E-state index in [2.05, 4.69) is 91.0 Å². The summed E-state index contributed by atoms with van der Waals surface area (Å²) in [6.07, 6.45) is 2.41. The van der Waals surface area contributed by atoms with Gasteiger partial charge in [0.25, 0.3) is 0 Å². The Morgan fingerprint density at radius 2 is 1.32 bits per heavy atom. The lowest BCUT2D eigenvalue weighted by atomic mass is 10.0. The van der Waals surface area contributed by atoms with Gasteiger partial charge >= 0.3 is 0 Å². The minimum absolute atomic E-state index is 0.334. The summed E-state index contributed by atoms with van der Waals surface area (Å²) in [6.45, 7) is 0. The molecule has 3 aromatic carbocycles. The van der Waals surface area contributed by atoms with E-state index in [9.17, 15) is 0 Å². The third-order valence-electron chi connectivity index (χ3n) is 5.17. The zero-order valence-corrected chi connectivity index (χ0v) is 17.4. The van der Waals surface area contributed by atoms with Gasteiger partial charge in [0, 0.05) is 24.0 Å². The Kier molecular flexibility index (Phi) is 3.93. The molecule has 28 heavy (non-hydrogen) atoms. The normalized spacial score (nSPS) is 16.3. The Morgan fingerprint density at radius 3 is 2.11 bits per heavy atom. The standard InChI is InChI=1S/C25H16S3/c1-6-12-22-16(7-1)13-19(23-14-17-8-2-4-10-20(17)26-23)25(28-22)24-15-18-9-3-5-11-21(18)27-24/h1-15,25H. The molecule has 5 aromatic rings. The molecule has 0 N–H and O–H groups in total. The van der Waals surface area contributed by atoms with Crippen molar-refractivity contribution in [3.8, 4) is 0 Å². The minimum atomic E-state index is 0.334. The largest absolute Gasteiger partial charge is 0.139 e. The average molecular weight is 413 g/mol. The molecule has 1 aliphatic heterocycles. The Labute approximate surface area is 176 Å². The third kappa shape index (κ3) is 2.74. The van der Waals surface area contributed by atoms with Gasteiger partial charge in [-0.05, 0) is 58.3 Å². The molecule has 134 valence electrons. The Balaban J connectivity index is 1.55. The molecule has 6 rings (SSSR count). The molecule has 2 aromatic heterocycles. The van der Waals surface area contributed by atoms with E-state index < -0.39 is 0 Å². The van der Waals surface area contributed by atoms with Gasteiger partial charge in [0.1, 0.15) is 0 Å². The van der Waals surface area contributed by atoms with E-state index in [-0.39, 0.29) is 0 Å². The second kappa shape index (κ2) is 6.63. The van der Waals surface area contributed by atoms with Crippen molar-refractivity contribution in [2.45, 2.75) is 10.1 Å². The monoisotopic (exact) mass is 412 g/mol. The number of benzene rings is 3. The van der Waals surface area contributed by atoms with Crippen molar-refractivity contribution in [2.75, 3.05) is 0 Å². The molecule has 1 atom stereocenters. The number of hydrogen-bond acceptors (Lipinski definition) is 3. The molecule has 0 saturated carbocycles. The molecule has 0 saturated heterocycles. The highest BCUT2D eigenvalue weighted by atomic mass is 32.2. The first-order chi connectivity index (χ1) is 13.8. The Bertz CT molecular complexity index is 1290. The molecule has 0 spiro atoms. The number of hydrogen-bond donors (Lipinski definition) is 0. The number of thioether (sulfide) groups is 1. The van der Waals surface area contributed by atoms with E-state index in [0.717, 1.165) is 0 Å². The fourth-order valence-corrected chi connectivity index (χ4v) is 7.53. The summed E-state index contributed by atoms with van der Waals surface area (Å²) in [4.78, 5) is 4.19. The topological polar surface area (TPSA) is 0 Å². The van der Waals surface area contributed by atoms with Crippen LogP contribution in [0.2, 0.25) is 0 Å². The van der Waals surface area contributed by atoms with Gasteiger partial charge in [-0.3, -0.25) is 0 Å². The summed E-state index contributed by atoms with van der Waals surface area (Å²) in [6, 6.07) is 30.9. The van der Waals surface area contributed by atoms with Gasteiger partial charge in [-0.2, -0.15) is 0 Å². The summed E-state index contributed by atoms with van der Waals surface area (Å²) in [7, 11) is 0. The SMILES string of the molecule is C1=C(c2cc3ccccc3s2)C(c2cc3ccccc3s2)Sc2ccccc21. The fourth-order valence-electron chi connectivity index (χ4n) is 3.81. The maximum absolute atomic E-state index is 2.41. The highest BCUT2D eigenvalue weighted by Crippen LogP contribution is 2.54. The van der Waals surface area contributed by atoms with Crippen LogP contribution in [0.5, 0.6) is 0 Å². The van der Waals surface area contributed by atoms with Crippen LogP contribution < -0.4 is 0 Å². The van der Waals surface area contributed by atoms with Gasteiger partial charge < -0.3 is 0 Å². The number of fused-ring (bicyclic) bond motifs is 3. The zero-order valence-electron chi connectivity index (χ0n) is 15.0. The lowest BCUT2D eigenvalue weighted by molar-refractivity contribution is 1.28. The smallest absolute Gasteiger partial charge is 0.0701 e. The average Bonchev–Trinajstić information content (AvgIpc) is 3.36. The lowest BCUT2D eigenvalue weighted by Gasteiger charge is -2.24.